The second kappa shape index (κ2) is 6.82. The van der Waals surface area contributed by atoms with Crippen LogP contribution in [0.15, 0.2) is 10.6 Å². The highest BCUT2D eigenvalue weighted by Crippen LogP contribution is 2.31. The number of hydrogen-bond donors (Lipinski definition) is 1. The first-order valence-corrected chi connectivity index (χ1v) is 8.60. The van der Waals surface area contributed by atoms with Gasteiger partial charge >= 0.3 is 0 Å². The topological polar surface area (TPSA) is 58.4 Å². The van der Waals surface area contributed by atoms with Gasteiger partial charge in [0.05, 0.1) is 12.6 Å². The Kier molecular flexibility index (Phi) is 4.81. The summed E-state index contributed by atoms with van der Waals surface area (Å²) in [6.45, 7) is 5.60. The van der Waals surface area contributed by atoms with Gasteiger partial charge in [-0.3, -0.25) is 9.69 Å². The lowest BCUT2D eigenvalue weighted by atomic mass is 9.86. The minimum atomic E-state index is 0.158. The van der Waals surface area contributed by atoms with Gasteiger partial charge in [0.15, 0.2) is 0 Å². The van der Waals surface area contributed by atoms with E-state index in [2.05, 4.69) is 22.3 Å². The average molecular weight is 305 g/mol. The molecule has 22 heavy (non-hydrogen) atoms. The molecule has 1 amide bonds. The van der Waals surface area contributed by atoms with Crippen molar-refractivity contribution in [2.75, 3.05) is 13.1 Å². The van der Waals surface area contributed by atoms with E-state index in [0.29, 0.717) is 18.5 Å². The third-order valence-electron chi connectivity index (χ3n) is 5.16. The Bertz CT molecular complexity index is 514. The van der Waals surface area contributed by atoms with Crippen molar-refractivity contribution in [1.29, 1.82) is 0 Å². The molecule has 1 aliphatic heterocycles. The van der Waals surface area contributed by atoms with Gasteiger partial charge in [-0.25, -0.2) is 0 Å². The predicted octanol–water partition coefficient (Wildman–Crippen LogP) is 2.81. The average Bonchev–Trinajstić information content (AvgIpc) is 3.10. The first kappa shape index (κ1) is 15.5. The maximum atomic E-state index is 12.4. The van der Waals surface area contributed by atoms with Crippen LogP contribution in [0.5, 0.6) is 0 Å². The number of aromatic nitrogens is 1. The molecule has 0 radical (unpaired) electrons. The van der Waals surface area contributed by atoms with Crippen LogP contribution >= 0.6 is 0 Å². The van der Waals surface area contributed by atoms with Crippen LogP contribution in [0.3, 0.4) is 0 Å². The molecule has 2 heterocycles. The van der Waals surface area contributed by atoms with Crippen molar-refractivity contribution in [2.24, 2.45) is 5.92 Å². The van der Waals surface area contributed by atoms with Crippen molar-refractivity contribution >= 4 is 5.91 Å². The van der Waals surface area contributed by atoms with Crippen LogP contribution in [0.4, 0.5) is 0 Å². The Balaban J connectivity index is 1.56. The smallest absolute Gasteiger partial charge is 0.234 e. The van der Waals surface area contributed by atoms with Gasteiger partial charge in [-0.05, 0) is 45.1 Å². The van der Waals surface area contributed by atoms with Gasteiger partial charge in [-0.15, -0.1) is 0 Å². The second-order valence-electron chi connectivity index (χ2n) is 6.93. The molecule has 3 rings (SSSR count). The van der Waals surface area contributed by atoms with Crippen molar-refractivity contribution < 1.29 is 9.32 Å². The molecule has 0 spiro atoms. The van der Waals surface area contributed by atoms with Gasteiger partial charge in [0.2, 0.25) is 5.91 Å². The van der Waals surface area contributed by atoms with Crippen LogP contribution < -0.4 is 5.32 Å². The summed E-state index contributed by atoms with van der Waals surface area (Å²) in [6.07, 6.45) is 7.06. The molecule has 1 saturated heterocycles. The quantitative estimate of drug-likeness (QED) is 0.929. The number of hydrogen-bond acceptors (Lipinski definition) is 4. The molecule has 3 atom stereocenters. The third-order valence-corrected chi connectivity index (χ3v) is 5.16. The van der Waals surface area contributed by atoms with E-state index in [-0.39, 0.29) is 11.9 Å². The number of likely N-dealkylation sites (tertiary alicyclic amines) is 1. The highest BCUT2D eigenvalue weighted by Gasteiger charge is 2.31. The molecular weight excluding hydrogens is 278 g/mol. The minimum absolute atomic E-state index is 0.158. The molecular formula is C17H27N3O2. The molecule has 0 unspecified atom stereocenters. The molecule has 5 heteroatoms. The molecule has 0 aromatic carbocycles. The fraction of sp³-hybridized carbons (Fsp3) is 0.765. The Morgan fingerprint density at radius 1 is 1.36 bits per heavy atom. The van der Waals surface area contributed by atoms with Gasteiger partial charge in [-0.2, -0.15) is 0 Å². The van der Waals surface area contributed by atoms with Gasteiger partial charge in [-0.1, -0.05) is 24.9 Å². The fourth-order valence-corrected chi connectivity index (χ4v) is 3.86. The van der Waals surface area contributed by atoms with E-state index in [1.807, 2.05) is 13.0 Å². The van der Waals surface area contributed by atoms with Crippen molar-refractivity contribution in [3.8, 4) is 0 Å². The molecule has 1 N–H and O–H groups in total. The number of rotatable bonds is 4. The van der Waals surface area contributed by atoms with Crippen LogP contribution in [0.1, 0.15) is 62.9 Å². The first-order chi connectivity index (χ1) is 10.6. The zero-order valence-corrected chi connectivity index (χ0v) is 13.7. The Morgan fingerprint density at radius 2 is 2.18 bits per heavy atom. The van der Waals surface area contributed by atoms with E-state index < -0.39 is 0 Å². The van der Waals surface area contributed by atoms with Crippen LogP contribution in [-0.2, 0) is 4.79 Å². The predicted molar refractivity (Wildman–Crippen MR) is 84.4 cm³/mol. The lowest BCUT2D eigenvalue weighted by molar-refractivity contribution is -0.123. The molecule has 2 aliphatic rings. The maximum Gasteiger partial charge on any atom is 0.234 e. The number of carbonyl (C=O) groups excluding carboxylic acids is 1. The van der Waals surface area contributed by atoms with E-state index >= 15 is 0 Å². The summed E-state index contributed by atoms with van der Waals surface area (Å²) >= 11 is 0. The monoisotopic (exact) mass is 305 g/mol. The van der Waals surface area contributed by atoms with E-state index in [9.17, 15) is 4.79 Å². The molecule has 122 valence electrons. The van der Waals surface area contributed by atoms with E-state index in [1.165, 1.54) is 19.3 Å². The number of carbonyl (C=O) groups is 1. The molecule has 2 fully saturated rings. The highest BCUT2D eigenvalue weighted by molar-refractivity contribution is 5.78. The molecule has 1 saturated carbocycles. The minimum Gasteiger partial charge on any atom is -0.361 e. The molecule has 1 aliphatic carbocycles. The summed E-state index contributed by atoms with van der Waals surface area (Å²) in [7, 11) is 0. The van der Waals surface area contributed by atoms with Crippen LogP contribution in [0.25, 0.3) is 0 Å². The molecule has 0 bridgehead atoms. The van der Waals surface area contributed by atoms with Crippen molar-refractivity contribution in [3.05, 3.63) is 17.5 Å². The lowest BCUT2D eigenvalue weighted by Crippen LogP contribution is -2.45. The van der Waals surface area contributed by atoms with Crippen LogP contribution in [0.2, 0.25) is 0 Å². The zero-order valence-electron chi connectivity index (χ0n) is 13.7. The second-order valence-corrected chi connectivity index (χ2v) is 6.93. The standard InChI is InChI=1S/C17H27N3O2/c1-12-6-3-4-7-14(12)18-17(21)11-20-9-5-8-16(20)15-10-13(2)22-19-15/h10,12,14,16H,3-9,11H2,1-2H3,(H,18,21)/t12-,14-,16-/m0/s1. The Labute approximate surface area is 132 Å². The summed E-state index contributed by atoms with van der Waals surface area (Å²) < 4.78 is 5.19. The van der Waals surface area contributed by atoms with Crippen LogP contribution in [-0.4, -0.2) is 35.1 Å². The van der Waals surface area contributed by atoms with E-state index in [1.54, 1.807) is 0 Å². The van der Waals surface area contributed by atoms with Gasteiger partial charge in [0, 0.05) is 12.1 Å². The van der Waals surface area contributed by atoms with E-state index in [4.69, 9.17) is 4.52 Å². The number of nitrogens with one attached hydrogen (secondary N) is 1. The summed E-state index contributed by atoms with van der Waals surface area (Å²) in [4.78, 5) is 14.6. The largest absolute Gasteiger partial charge is 0.361 e. The van der Waals surface area contributed by atoms with Crippen molar-refractivity contribution in [1.82, 2.24) is 15.4 Å². The normalized spacial score (nSPS) is 29.6. The van der Waals surface area contributed by atoms with Crippen LogP contribution in [0, 0.1) is 12.8 Å². The first-order valence-electron chi connectivity index (χ1n) is 8.60. The van der Waals surface area contributed by atoms with E-state index in [0.717, 1.165) is 37.3 Å². The van der Waals surface area contributed by atoms with Gasteiger partial charge < -0.3 is 9.84 Å². The Hall–Kier alpha value is -1.36. The number of nitrogens with zero attached hydrogens (tertiary/aromatic N) is 2. The maximum absolute atomic E-state index is 12.4. The van der Waals surface area contributed by atoms with Gasteiger partial charge in [0.25, 0.3) is 0 Å². The highest BCUT2D eigenvalue weighted by atomic mass is 16.5. The SMILES string of the molecule is Cc1cc([C@@H]2CCCN2CC(=O)N[C@H]2CCCC[C@@H]2C)no1. The van der Waals surface area contributed by atoms with Gasteiger partial charge in [0.1, 0.15) is 11.5 Å². The summed E-state index contributed by atoms with van der Waals surface area (Å²) in [6, 6.07) is 2.58. The number of aryl methyl sites for hydroxylation is 1. The van der Waals surface area contributed by atoms with Crippen molar-refractivity contribution in [2.45, 2.75) is 64.5 Å². The molecule has 1 aromatic heterocycles. The fourth-order valence-electron chi connectivity index (χ4n) is 3.86. The molecule has 1 aromatic rings. The lowest BCUT2D eigenvalue weighted by Gasteiger charge is -2.30. The summed E-state index contributed by atoms with van der Waals surface area (Å²) in [5.41, 5.74) is 0.967. The summed E-state index contributed by atoms with van der Waals surface area (Å²) in [5, 5.41) is 7.38. The third kappa shape index (κ3) is 3.51. The number of amides is 1. The molecule has 5 nitrogen and oxygen atoms in total. The van der Waals surface area contributed by atoms with Crippen molar-refractivity contribution in [3.63, 3.8) is 0 Å². The Morgan fingerprint density at radius 3 is 2.91 bits per heavy atom. The summed E-state index contributed by atoms with van der Waals surface area (Å²) in [5.74, 6) is 1.60. The zero-order chi connectivity index (χ0) is 15.5.